The minimum Gasteiger partial charge on any atom is -0.361 e. The number of amides is 3. The van der Waals surface area contributed by atoms with Crippen LogP contribution in [0.3, 0.4) is 0 Å². The third-order valence-electron chi connectivity index (χ3n) is 6.91. The smallest absolute Gasteiger partial charge is 0.324 e. The molecule has 1 aromatic heterocycles. The average Bonchev–Trinajstić information content (AvgIpc) is 3.20. The van der Waals surface area contributed by atoms with E-state index in [1.807, 2.05) is 18.9 Å². The number of hydrogen-bond donors (Lipinski definition) is 3. The van der Waals surface area contributed by atoms with Crippen LogP contribution in [-0.4, -0.2) is 78.3 Å². The van der Waals surface area contributed by atoms with Crippen LogP contribution < -0.4 is 10.6 Å². The van der Waals surface area contributed by atoms with Crippen LogP contribution in [0.1, 0.15) is 43.7 Å². The number of ketones is 1. The SMILES string of the molecule is CCNC(=O)N(CCCN(C)CC(C)=O)C(=O)C1CNC2Cc3c[nH]c4cccc(c34)C2C1. The number of nitrogens with zero attached hydrogens (tertiary/aromatic N) is 2. The van der Waals surface area contributed by atoms with Gasteiger partial charge in [-0.1, -0.05) is 12.1 Å². The average molecular weight is 454 g/mol. The second-order valence-corrected chi connectivity index (χ2v) is 9.46. The molecule has 178 valence electrons. The van der Waals surface area contributed by atoms with Crippen molar-refractivity contribution < 1.29 is 14.4 Å². The van der Waals surface area contributed by atoms with Gasteiger partial charge in [-0.15, -0.1) is 0 Å². The number of imide groups is 1. The zero-order valence-corrected chi connectivity index (χ0v) is 19.8. The maximum absolute atomic E-state index is 13.5. The van der Waals surface area contributed by atoms with Crippen LogP contribution in [0, 0.1) is 5.92 Å². The number of fused-ring (bicyclic) bond motifs is 2. The van der Waals surface area contributed by atoms with Gasteiger partial charge in [0, 0.05) is 48.7 Å². The van der Waals surface area contributed by atoms with Gasteiger partial charge in [-0.3, -0.25) is 19.4 Å². The van der Waals surface area contributed by atoms with Crippen molar-refractivity contribution in [2.24, 2.45) is 5.92 Å². The fourth-order valence-corrected chi connectivity index (χ4v) is 5.47. The summed E-state index contributed by atoms with van der Waals surface area (Å²) < 4.78 is 0. The maximum atomic E-state index is 13.5. The van der Waals surface area contributed by atoms with Gasteiger partial charge < -0.3 is 15.6 Å². The van der Waals surface area contributed by atoms with Crippen LogP contribution in [0.5, 0.6) is 0 Å². The molecule has 2 heterocycles. The summed E-state index contributed by atoms with van der Waals surface area (Å²) >= 11 is 0. The first-order valence-corrected chi connectivity index (χ1v) is 12.0. The maximum Gasteiger partial charge on any atom is 0.324 e. The Hall–Kier alpha value is -2.71. The number of aromatic amines is 1. The van der Waals surface area contributed by atoms with E-state index in [1.165, 1.54) is 21.4 Å². The number of urea groups is 1. The number of Topliss-reactive ketones (excluding diaryl/α,β-unsaturated/α-hetero) is 1. The lowest BCUT2D eigenvalue weighted by Crippen LogP contribution is -2.54. The highest BCUT2D eigenvalue weighted by Gasteiger charge is 2.40. The van der Waals surface area contributed by atoms with Crippen molar-refractivity contribution in [1.29, 1.82) is 0 Å². The summed E-state index contributed by atoms with van der Waals surface area (Å²) in [5.74, 6) is -0.0183. The molecule has 3 N–H and O–H groups in total. The number of nitrogens with one attached hydrogen (secondary N) is 3. The van der Waals surface area contributed by atoms with Gasteiger partial charge in [0.05, 0.1) is 12.5 Å². The molecule has 0 bridgehead atoms. The van der Waals surface area contributed by atoms with Gasteiger partial charge in [0.1, 0.15) is 5.78 Å². The number of benzene rings is 1. The van der Waals surface area contributed by atoms with E-state index >= 15 is 0 Å². The monoisotopic (exact) mass is 453 g/mol. The fourth-order valence-electron chi connectivity index (χ4n) is 5.47. The zero-order chi connectivity index (χ0) is 23.5. The molecular weight excluding hydrogens is 418 g/mol. The lowest BCUT2D eigenvalue weighted by Gasteiger charge is -2.40. The summed E-state index contributed by atoms with van der Waals surface area (Å²) in [4.78, 5) is 44.3. The lowest BCUT2D eigenvalue weighted by molar-refractivity contribution is -0.133. The largest absolute Gasteiger partial charge is 0.361 e. The number of likely N-dealkylation sites (N-methyl/N-ethyl adjacent to an activating group) is 1. The molecule has 3 amide bonds. The Labute approximate surface area is 195 Å². The summed E-state index contributed by atoms with van der Waals surface area (Å²) in [5.41, 5.74) is 3.77. The van der Waals surface area contributed by atoms with E-state index in [4.69, 9.17) is 0 Å². The molecule has 1 aliphatic carbocycles. The van der Waals surface area contributed by atoms with E-state index in [2.05, 4.69) is 40.0 Å². The molecule has 4 rings (SSSR count). The molecule has 1 saturated heterocycles. The topological polar surface area (TPSA) is 97.5 Å². The van der Waals surface area contributed by atoms with Crippen molar-refractivity contribution >= 4 is 28.6 Å². The summed E-state index contributed by atoms with van der Waals surface area (Å²) in [6.45, 7) is 5.83. The Morgan fingerprint density at radius 1 is 1.21 bits per heavy atom. The fraction of sp³-hybridized carbons (Fsp3) is 0.560. The summed E-state index contributed by atoms with van der Waals surface area (Å²) in [5, 5.41) is 7.69. The van der Waals surface area contributed by atoms with Crippen LogP contribution in [0.25, 0.3) is 10.9 Å². The second-order valence-electron chi connectivity index (χ2n) is 9.46. The minimum atomic E-state index is -0.336. The highest BCUT2D eigenvalue weighted by molar-refractivity contribution is 5.96. The van der Waals surface area contributed by atoms with E-state index < -0.39 is 0 Å². The molecule has 3 unspecified atom stereocenters. The molecule has 2 aromatic rings. The van der Waals surface area contributed by atoms with Crippen molar-refractivity contribution in [2.45, 2.75) is 45.1 Å². The van der Waals surface area contributed by atoms with Gasteiger partial charge in [-0.2, -0.15) is 0 Å². The summed E-state index contributed by atoms with van der Waals surface area (Å²) in [6, 6.07) is 6.32. The van der Waals surface area contributed by atoms with Gasteiger partial charge in [-0.05, 0) is 63.9 Å². The third kappa shape index (κ3) is 4.96. The van der Waals surface area contributed by atoms with E-state index in [0.29, 0.717) is 45.2 Å². The summed E-state index contributed by atoms with van der Waals surface area (Å²) in [6.07, 6.45) is 4.42. The van der Waals surface area contributed by atoms with Gasteiger partial charge in [-0.25, -0.2) is 4.79 Å². The molecule has 3 atom stereocenters. The minimum absolute atomic E-state index is 0.102. The van der Waals surface area contributed by atoms with Gasteiger partial charge in [0.2, 0.25) is 5.91 Å². The van der Waals surface area contributed by atoms with E-state index in [0.717, 1.165) is 18.4 Å². The van der Waals surface area contributed by atoms with Crippen LogP contribution in [-0.2, 0) is 16.0 Å². The number of H-pyrrole nitrogens is 1. The first-order valence-electron chi connectivity index (χ1n) is 12.0. The Morgan fingerprint density at radius 2 is 2.03 bits per heavy atom. The van der Waals surface area contributed by atoms with Crippen molar-refractivity contribution in [3.05, 3.63) is 35.5 Å². The molecule has 8 nitrogen and oxygen atoms in total. The molecule has 0 spiro atoms. The number of rotatable bonds is 8. The number of carbonyl (C=O) groups is 3. The number of aromatic nitrogens is 1. The highest BCUT2D eigenvalue weighted by Crippen LogP contribution is 2.42. The van der Waals surface area contributed by atoms with Crippen molar-refractivity contribution in [2.75, 3.05) is 39.8 Å². The number of piperidine rings is 1. The molecule has 1 aliphatic heterocycles. The van der Waals surface area contributed by atoms with Crippen LogP contribution in [0.15, 0.2) is 24.4 Å². The first kappa shape index (κ1) is 23.4. The first-order chi connectivity index (χ1) is 15.9. The second kappa shape index (κ2) is 10.1. The van der Waals surface area contributed by atoms with E-state index in [-0.39, 0.29) is 29.6 Å². The molecule has 8 heteroatoms. The predicted molar refractivity (Wildman–Crippen MR) is 128 cm³/mol. The highest BCUT2D eigenvalue weighted by atomic mass is 16.2. The normalized spacial score (nSPS) is 21.6. The number of hydrogen-bond acceptors (Lipinski definition) is 5. The Balaban J connectivity index is 1.47. The van der Waals surface area contributed by atoms with Crippen LogP contribution in [0.2, 0.25) is 0 Å². The molecular formula is C25H35N5O3. The summed E-state index contributed by atoms with van der Waals surface area (Å²) in [7, 11) is 1.88. The van der Waals surface area contributed by atoms with Crippen LogP contribution >= 0.6 is 0 Å². The number of carbonyl (C=O) groups excluding carboxylic acids is 3. The Bertz CT molecular complexity index is 1030. The third-order valence-corrected chi connectivity index (χ3v) is 6.91. The van der Waals surface area contributed by atoms with E-state index in [1.54, 1.807) is 6.92 Å². The lowest BCUT2D eigenvalue weighted by atomic mass is 9.73. The Kier molecular flexibility index (Phi) is 7.14. The van der Waals surface area contributed by atoms with Crippen LogP contribution in [0.4, 0.5) is 4.79 Å². The predicted octanol–water partition coefficient (Wildman–Crippen LogP) is 2.25. The molecule has 0 radical (unpaired) electrons. The van der Waals surface area contributed by atoms with Crippen molar-refractivity contribution in [3.63, 3.8) is 0 Å². The molecule has 1 fully saturated rings. The molecule has 2 aliphatic rings. The van der Waals surface area contributed by atoms with Crippen molar-refractivity contribution in [1.82, 2.24) is 25.4 Å². The van der Waals surface area contributed by atoms with Gasteiger partial charge >= 0.3 is 6.03 Å². The van der Waals surface area contributed by atoms with Gasteiger partial charge in [0.25, 0.3) is 0 Å². The molecule has 1 aromatic carbocycles. The van der Waals surface area contributed by atoms with Crippen molar-refractivity contribution in [3.8, 4) is 0 Å². The standard InChI is InChI=1S/C25H35N5O3/c1-4-26-25(33)30(10-6-9-29(3)15-16(2)31)24(32)18-11-20-19-7-5-8-21-23(19)17(13-27-21)12-22(20)28-14-18/h5,7-8,13,18,20,22,27-28H,4,6,9-12,14-15H2,1-3H3,(H,26,33). The molecule has 0 saturated carbocycles. The zero-order valence-electron chi connectivity index (χ0n) is 19.8. The van der Waals surface area contributed by atoms with E-state index in [9.17, 15) is 14.4 Å². The molecule has 33 heavy (non-hydrogen) atoms. The Morgan fingerprint density at radius 3 is 2.79 bits per heavy atom. The quantitative estimate of drug-likeness (QED) is 0.570. The van der Waals surface area contributed by atoms with Gasteiger partial charge in [0.15, 0.2) is 0 Å².